The van der Waals surface area contributed by atoms with Crippen LogP contribution in [0.2, 0.25) is 0 Å². The van der Waals surface area contributed by atoms with Gasteiger partial charge in [-0.25, -0.2) is 0 Å². The van der Waals surface area contributed by atoms with Crippen LogP contribution in [0.3, 0.4) is 0 Å². The summed E-state index contributed by atoms with van der Waals surface area (Å²) < 4.78 is 5.50. The summed E-state index contributed by atoms with van der Waals surface area (Å²) in [6.07, 6.45) is 4.20. The van der Waals surface area contributed by atoms with Crippen LogP contribution in [0.4, 0.5) is 0 Å². The number of ether oxygens (including phenoxy) is 1. The molecule has 112 valence electrons. The molecule has 0 saturated heterocycles. The largest absolute Gasteiger partial charge is 0.496 e. The van der Waals surface area contributed by atoms with Gasteiger partial charge in [0.1, 0.15) is 5.75 Å². The summed E-state index contributed by atoms with van der Waals surface area (Å²) in [6, 6.07) is 4.16. The smallest absolute Gasteiger partial charge is 0.125 e. The molecule has 0 spiro atoms. The molecule has 1 unspecified atom stereocenters. The van der Waals surface area contributed by atoms with Gasteiger partial charge in [0.15, 0.2) is 0 Å². The van der Waals surface area contributed by atoms with E-state index in [9.17, 15) is 5.11 Å². The highest BCUT2D eigenvalue weighted by Gasteiger charge is 2.32. The molecular formula is C18H28O2. The summed E-state index contributed by atoms with van der Waals surface area (Å²) in [5.41, 5.74) is 3.74. The highest BCUT2D eigenvalue weighted by atomic mass is 16.5. The summed E-state index contributed by atoms with van der Waals surface area (Å²) >= 11 is 0. The van der Waals surface area contributed by atoms with E-state index in [1.807, 2.05) is 6.07 Å². The van der Waals surface area contributed by atoms with Crippen LogP contribution in [0.5, 0.6) is 5.75 Å². The maximum absolute atomic E-state index is 10.8. The Morgan fingerprint density at radius 2 is 1.80 bits per heavy atom. The zero-order chi connectivity index (χ0) is 14.9. The minimum Gasteiger partial charge on any atom is -0.496 e. The quantitative estimate of drug-likeness (QED) is 0.876. The van der Waals surface area contributed by atoms with E-state index in [0.29, 0.717) is 11.3 Å². The number of benzene rings is 1. The SMILES string of the molecule is COc1cc(C)cc(C)c1C(O)C1CCC(C)(C)CC1. The number of aliphatic hydroxyl groups excluding tert-OH is 1. The molecule has 0 heterocycles. The van der Waals surface area contributed by atoms with Gasteiger partial charge in [0.25, 0.3) is 0 Å². The fourth-order valence-electron chi connectivity index (χ4n) is 3.46. The molecule has 2 nitrogen and oxygen atoms in total. The van der Waals surface area contributed by atoms with Crippen molar-refractivity contribution in [3.63, 3.8) is 0 Å². The molecule has 1 N–H and O–H groups in total. The highest BCUT2D eigenvalue weighted by molar-refractivity contribution is 5.44. The molecule has 0 aliphatic heterocycles. The standard InChI is InChI=1S/C18H28O2/c1-12-10-13(2)16(15(11-12)20-5)17(19)14-6-8-18(3,4)9-7-14/h10-11,14,17,19H,6-9H2,1-5H3. The number of methoxy groups -OCH3 is 1. The topological polar surface area (TPSA) is 29.5 Å². The van der Waals surface area contributed by atoms with E-state index in [0.717, 1.165) is 29.7 Å². The average Bonchev–Trinajstić information content (AvgIpc) is 2.37. The summed E-state index contributed by atoms with van der Waals surface area (Å²) in [5, 5.41) is 10.8. The van der Waals surface area contributed by atoms with E-state index in [1.165, 1.54) is 18.4 Å². The van der Waals surface area contributed by atoms with Crippen molar-refractivity contribution in [2.45, 2.75) is 59.5 Å². The van der Waals surface area contributed by atoms with E-state index >= 15 is 0 Å². The predicted molar refractivity (Wildman–Crippen MR) is 83.2 cm³/mol. The van der Waals surface area contributed by atoms with Gasteiger partial charge >= 0.3 is 0 Å². The Morgan fingerprint density at radius 3 is 2.35 bits per heavy atom. The van der Waals surface area contributed by atoms with Crippen molar-refractivity contribution in [3.05, 3.63) is 28.8 Å². The van der Waals surface area contributed by atoms with Gasteiger partial charge in [-0.1, -0.05) is 19.9 Å². The van der Waals surface area contributed by atoms with Crippen LogP contribution in [-0.4, -0.2) is 12.2 Å². The lowest BCUT2D eigenvalue weighted by atomic mass is 9.70. The lowest BCUT2D eigenvalue weighted by Gasteiger charge is -2.37. The molecule has 2 rings (SSSR count). The van der Waals surface area contributed by atoms with Crippen molar-refractivity contribution in [3.8, 4) is 5.75 Å². The van der Waals surface area contributed by atoms with Crippen LogP contribution in [0.15, 0.2) is 12.1 Å². The number of aliphatic hydroxyl groups is 1. The normalized spacial score (nSPS) is 20.7. The second kappa shape index (κ2) is 5.77. The zero-order valence-electron chi connectivity index (χ0n) is 13.5. The highest BCUT2D eigenvalue weighted by Crippen LogP contribution is 2.45. The first-order chi connectivity index (χ1) is 9.34. The van der Waals surface area contributed by atoms with Crippen molar-refractivity contribution in [2.75, 3.05) is 7.11 Å². The van der Waals surface area contributed by atoms with Gasteiger partial charge in [0, 0.05) is 5.56 Å². The monoisotopic (exact) mass is 276 g/mol. The minimum atomic E-state index is -0.401. The molecule has 20 heavy (non-hydrogen) atoms. The fourth-order valence-corrected chi connectivity index (χ4v) is 3.46. The number of hydrogen-bond donors (Lipinski definition) is 1. The molecular weight excluding hydrogens is 248 g/mol. The minimum absolute atomic E-state index is 0.360. The number of hydrogen-bond acceptors (Lipinski definition) is 2. The molecule has 2 heteroatoms. The van der Waals surface area contributed by atoms with Crippen LogP contribution in [0.25, 0.3) is 0 Å². The van der Waals surface area contributed by atoms with E-state index < -0.39 is 6.10 Å². The van der Waals surface area contributed by atoms with E-state index in [-0.39, 0.29) is 0 Å². The van der Waals surface area contributed by atoms with Gasteiger partial charge in [-0.3, -0.25) is 0 Å². The summed E-state index contributed by atoms with van der Waals surface area (Å²) in [7, 11) is 1.69. The maximum Gasteiger partial charge on any atom is 0.125 e. The molecule has 1 aromatic rings. The molecule has 1 aromatic carbocycles. The Labute approximate surface area is 123 Å². The third-order valence-corrected chi connectivity index (χ3v) is 4.84. The van der Waals surface area contributed by atoms with Gasteiger partial charge in [0.05, 0.1) is 13.2 Å². The first-order valence-corrected chi connectivity index (χ1v) is 7.67. The van der Waals surface area contributed by atoms with Gasteiger partial charge < -0.3 is 9.84 Å². The molecule has 1 fully saturated rings. The lowest BCUT2D eigenvalue weighted by molar-refractivity contribution is 0.0546. The second-order valence-corrected chi connectivity index (χ2v) is 7.14. The second-order valence-electron chi connectivity index (χ2n) is 7.14. The molecule has 0 aromatic heterocycles. The Balaban J connectivity index is 2.23. The average molecular weight is 276 g/mol. The van der Waals surface area contributed by atoms with Crippen LogP contribution in [0.1, 0.15) is 62.3 Å². The van der Waals surface area contributed by atoms with Crippen LogP contribution in [-0.2, 0) is 0 Å². The van der Waals surface area contributed by atoms with Crippen LogP contribution in [0, 0.1) is 25.2 Å². The van der Waals surface area contributed by atoms with E-state index in [1.54, 1.807) is 7.11 Å². The molecule has 1 atom stereocenters. The molecule has 0 bridgehead atoms. The predicted octanol–water partition coefficient (Wildman–Crippen LogP) is 4.56. The molecule has 0 amide bonds. The van der Waals surface area contributed by atoms with Crippen LogP contribution >= 0.6 is 0 Å². The van der Waals surface area contributed by atoms with Gasteiger partial charge in [-0.05, 0) is 68.1 Å². The number of aryl methyl sites for hydroxylation is 2. The van der Waals surface area contributed by atoms with Crippen molar-refractivity contribution >= 4 is 0 Å². The van der Waals surface area contributed by atoms with Gasteiger partial charge in [-0.2, -0.15) is 0 Å². The van der Waals surface area contributed by atoms with Crippen molar-refractivity contribution in [1.82, 2.24) is 0 Å². The summed E-state index contributed by atoms with van der Waals surface area (Å²) in [4.78, 5) is 0. The Kier molecular flexibility index (Phi) is 4.43. The first-order valence-electron chi connectivity index (χ1n) is 7.67. The van der Waals surface area contributed by atoms with Crippen molar-refractivity contribution in [2.24, 2.45) is 11.3 Å². The van der Waals surface area contributed by atoms with E-state index in [2.05, 4.69) is 33.8 Å². The zero-order valence-corrected chi connectivity index (χ0v) is 13.5. The third kappa shape index (κ3) is 3.17. The Bertz CT molecular complexity index is 467. The maximum atomic E-state index is 10.8. The molecule has 1 aliphatic carbocycles. The lowest BCUT2D eigenvalue weighted by Crippen LogP contribution is -2.25. The molecule has 1 aliphatic rings. The molecule has 0 radical (unpaired) electrons. The Hall–Kier alpha value is -1.02. The summed E-state index contributed by atoms with van der Waals surface area (Å²) in [6.45, 7) is 8.79. The van der Waals surface area contributed by atoms with Gasteiger partial charge in [-0.15, -0.1) is 0 Å². The van der Waals surface area contributed by atoms with Crippen molar-refractivity contribution in [1.29, 1.82) is 0 Å². The Morgan fingerprint density at radius 1 is 1.20 bits per heavy atom. The fraction of sp³-hybridized carbons (Fsp3) is 0.667. The van der Waals surface area contributed by atoms with Crippen molar-refractivity contribution < 1.29 is 9.84 Å². The van der Waals surface area contributed by atoms with Crippen LogP contribution < -0.4 is 4.74 Å². The number of rotatable bonds is 3. The summed E-state index contributed by atoms with van der Waals surface area (Å²) in [5.74, 6) is 1.19. The first kappa shape index (κ1) is 15.4. The molecule has 1 saturated carbocycles. The van der Waals surface area contributed by atoms with Gasteiger partial charge in [0.2, 0.25) is 0 Å². The third-order valence-electron chi connectivity index (χ3n) is 4.84. The van der Waals surface area contributed by atoms with E-state index in [4.69, 9.17) is 4.74 Å².